The average Bonchev–Trinajstić information content (AvgIpc) is 2.34. The maximum atomic E-state index is 11.9. The summed E-state index contributed by atoms with van der Waals surface area (Å²) in [5.41, 5.74) is 8.36. The molecule has 0 aliphatic heterocycles. The number of aromatic nitrogens is 2. The number of nitrogen functional groups attached to an aromatic ring is 1. The van der Waals surface area contributed by atoms with Crippen molar-refractivity contribution in [1.29, 1.82) is 0 Å². The molecule has 17 heavy (non-hydrogen) atoms. The fourth-order valence-electron chi connectivity index (χ4n) is 1.35. The first-order chi connectivity index (χ1) is 8.16. The van der Waals surface area contributed by atoms with Crippen LogP contribution in [0.4, 0.5) is 11.4 Å². The van der Waals surface area contributed by atoms with E-state index in [0.29, 0.717) is 16.9 Å². The minimum absolute atomic E-state index is 0.230. The SMILES string of the molecule is Cc1ccc(C(=O)Nc2cncnc2)cc1N. The minimum Gasteiger partial charge on any atom is -0.398 e. The Morgan fingerprint density at radius 2 is 2.00 bits per heavy atom. The zero-order chi connectivity index (χ0) is 12.3. The van der Waals surface area contributed by atoms with Crippen molar-refractivity contribution in [2.24, 2.45) is 0 Å². The van der Waals surface area contributed by atoms with E-state index in [-0.39, 0.29) is 5.91 Å². The third-order valence-corrected chi connectivity index (χ3v) is 2.36. The first-order valence-electron chi connectivity index (χ1n) is 5.09. The smallest absolute Gasteiger partial charge is 0.255 e. The summed E-state index contributed by atoms with van der Waals surface area (Å²) in [6.45, 7) is 1.89. The molecule has 0 bridgehead atoms. The van der Waals surface area contributed by atoms with Gasteiger partial charge >= 0.3 is 0 Å². The summed E-state index contributed by atoms with van der Waals surface area (Å²) in [6, 6.07) is 5.19. The number of anilines is 2. The number of hydrogen-bond acceptors (Lipinski definition) is 4. The zero-order valence-corrected chi connectivity index (χ0v) is 9.34. The van der Waals surface area contributed by atoms with Crippen LogP contribution in [0.3, 0.4) is 0 Å². The van der Waals surface area contributed by atoms with Crippen LogP contribution in [-0.4, -0.2) is 15.9 Å². The van der Waals surface area contributed by atoms with Gasteiger partial charge in [0, 0.05) is 11.3 Å². The van der Waals surface area contributed by atoms with Crippen LogP contribution in [0, 0.1) is 6.92 Å². The van der Waals surface area contributed by atoms with E-state index in [4.69, 9.17) is 5.73 Å². The normalized spacial score (nSPS) is 9.94. The molecule has 1 amide bonds. The number of rotatable bonds is 2. The fourth-order valence-corrected chi connectivity index (χ4v) is 1.35. The third kappa shape index (κ3) is 2.57. The number of nitrogens with zero attached hydrogens (tertiary/aromatic N) is 2. The van der Waals surface area contributed by atoms with Gasteiger partial charge in [0.05, 0.1) is 18.1 Å². The lowest BCUT2D eigenvalue weighted by Crippen LogP contribution is -2.12. The van der Waals surface area contributed by atoms with Gasteiger partial charge in [0.25, 0.3) is 5.91 Å². The predicted molar refractivity (Wildman–Crippen MR) is 65.6 cm³/mol. The predicted octanol–water partition coefficient (Wildman–Crippen LogP) is 1.62. The van der Waals surface area contributed by atoms with Gasteiger partial charge in [0.2, 0.25) is 0 Å². The Balaban J connectivity index is 2.18. The van der Waals surface area contributed by atoms with Crippen LogP contribution in [0.5, 0.6) is 0 Å². The number of nitrogens with two attached hydrogens (primary N) is 1. The first-order valence-corrected chi connectivity index (χ1v) is 5.09. The lowest BCUT2D eigenvalue weighted by atomic mass is 10.1. The van der Waals surface area contributed by atoms with Gasteiger partial charge in [-0.05, 0) is 24.6 Å². The molecule has 0 spiro atoms. The van der Waals surface area contributed by atoms with Crippen molar-refractivity contribution in [2.45, 2.75) is 6.92 Å². The van der Waals surface area contributed by atoms with E-state index in [1.165, 1.54) is 18.7 Å². The van der Waals surface area contributed by atoms with Crippen LogP contribution < -0.4 is 11.1 Å². The van der Waals surface area contributed by atoms with Gasteiger partial charge in [-0.15, -0.1) is 0 Å². The monoisotopic (exact) mass is 228 g/mol. The second-order valence-corrected chi connectivity index (χ2v) is 3.65. The van der Waals surface area contributed by atoms with Crippen LogP contribution in [-0.2, 0) is 0 Å². The molecule has 1 aromatic heterocycles. The number of benzene rings is 1. The molecule has 3 N–H and O–H groups in total. The van der Waals surface area contributed by atoms with E-state index in [0.717, 1.165) is 5.56 Å². The van der Waals surface area contributed by atoms with Crippen LogP contribution in [0.2, 0.25) is 0 Å². The van der Waals surface area contributed by atoms with Crippen LogP contribution in [0.15, 0.2) is 36.9 Å². The van der Waals surface area contributed by atoms with Gasteiger partial charge in [0.15, 0.2) is 0 Å². The highest BCUT2D eigenvalue weighted by Crippen LogP contribution is 2.14. The number of amides is 1. The molecule has 0 aliphatic carbocycles. The lowest BCUT2D eigenvalue weighted by molar-refractivity contribution is 0.102. The van der Waals surface area contributed by atoms with Gasteiger partial charge < -0.3 is 11.1 Å². The topological polar surface area (TPSA) is 80.9 Å². The number of carbonyl (C=O) groups is 1. The molecule has 0 radical (unpaired) electrons. The summed E-state index contributed by atoms with van der Waals surface area (Å²) in [6.07, 6.45) is 4.46. The Kier molecular flexibility index (Phi) is 3.00. The number of carbonyl (C=O) groups excluding carboxylic acids is 1. The Labute approximate surface area is 98.7 Å². The van der Waals surface area contributed by atoms with Gasteiger partial charge in [-0.25, -0.2) is 9.97 Å². The summed E-state index contributed by atoms with van der Waals surface area (Å²) in [5, 5.41) is 2.69. The van der Waals surface area contributed by atoms with Gasteiger partial charge in [-0.3, -0.25) is 4.79 Å². The van der Waals surface area contributed by atoms with E-state index < -0.39 is 0 Å². The molecule has 2 aromatic rings. The largest absolute Gasteiger partial charge is 0.398 e. The Morgan fingerprint density at radius 1 is 1.29 bits per heavy atom. The van der Waals surface area contributed by atoms with Crippen LogP contribution in [0.25, 0.3) is 0 Å². The second kappa shape index (κ2) is 4.61. The standard InChI is InChI=1S/C12H12N4O/c1-8-2-3-9(4-11(8)13)12(17)16-10-5-14-7-15-6-10/h2-7H,13H2,1H3,(H,16,17). The average molecular weight is 228 g/mol. The van der Waals surface area contributed by atoms with Crippen molar-refractivity contribution in [2.75, 3.05) is 11.1 Å². The van der Waals surface area contributed by atoms with E-state index in [9.17, 15) is 4.79 Å². The molecule has 0 saturated heterocycles. The summed E-state index contributed by atoms with van der Waals surface area (Å²) in [4.78, 5) is 19.5. The van der Waals surface area contributed by atoms with Crippen molar-refractivity contribution < 1.29 is 4.79 Å². The quantitative estimate of drug-likeness (QED) is 0.765. The lowest BCUT2D eigenvalue weighted by Gasteiger charge is -2.06. The first kappa shape index (κ1) is 11.1. The molecule has 0 unspecified atom stereocenters. The molecule has 5 nitrogen and oxygen atoms in total. The highest BCUT2D eigenvalue weighted by molar-refractivity contribution is 6.04. The van der Waals surface area contributed by atoms with Crippen molar-refractivity contribution in [1.82, 2.24) is 9.97 Å². The van der Waals surface area contributed by atoms with E-state index in [2.05, 4.69) is 15.3 Å². The Hall–Kier alpha value is -2.43. The number of hydrogen-bond donors (Lipinski definition) is 2. The molecule has 0 fully saturated rings. The molecule has 86 valence electrons. The second-order valence-electron chi connectivity index (χ2n) is 3.65. The molecule has 5 heteroatoms. The summed E-state index contributed by atoms with van der Waals surface area (Å²) >= 11 is 0. The molecular formula is C12H12N4O. The molecule has 0 aliphatic rings. The molecule has 0 saturated carbocycles. The number of nitrogens with one attached hydrogen (secondary N) is 1. The maximum absolute atomic E-state index is 11.9. The van der Waals surface area contributed by atoms with Crippen molar-refractivity contribution in [3.63, 3.8) is 0 Å². The highest BCUT2D eigenvalue weighted by Gasteiger charge is 2.07. The molecule has 0 atom stereocenters. The molecule has 1 heterocycles. The zero-order valence-electron chi connectivity index (χ0n) is 9.34. The van der Waals surface area contributed by atoms with Gasteiger partial charge in [0.1, 0.15) is 6.33 Å². The summed E-state index contributed by atoms with van der Waals surface area (Å²) in [5.74, 6) is -0.230. The van der Waals surface area contributed by atoms with E-state index >= 15 is 0 Å². The van der Waals surface area contributed by atoms with E-state index in [1.54, 1.807) is 12.1 Å². The summed E-state index contributed by atoms with van der Waals surface area (Å²) in [7, 11) is 0. The van der Waals surface area contributed by atoms with E-state index in [1.807, 2.05) is 13.0 Å². The minimum atomic E-state index is -0.230. The number of aryl methyl sites for hydroxylation is 1. The molecule has 1 aromatic carbocycles. The van der Waals surface area contributed by atoms with Gasteiger partial charge in [-0.1, -0.05) is 6.07 Å². The van der Waals surface area contributed by atoms with Crippen LogP contribution >= 0.6 is 0 Å². The Bertz CT molecular complexity index is 539. The van der Waals surface area contributed by atoms with Crippen molar-refractivity contribution in [3.05, 3.63) is 48.0 Å². The molecular weight excluding hydrogens is 216 g/mol. The van der Waals surface area contributed by atoms with Crippen molar-refractivity contribution in [3.8, 4) is 0 Å². The van der Waals surface area contributed by atoms with Gasteiger partial charge in [-0.2, -0.15) is 0 Å². The fraction of sp³-hybridized carbons (Fsp3) is 0.0833. The van der Waals surface area contributed by atoms with Crippen LogP contribution in [0.1, 0.15) is 15.9 Å². The highest BCUT2D eigenvalue weighted by atomic mass is 16.1. The Morgan fingerprint density at radius 3 is 2.65 bits per heavy atom. The molecule has 2 rings (SSSR count). The summed E-state index contributed by atoms with van der Waals surface area (Å²) < 4.78 is 0. The van der Waals surface area contributed by atoms with Crippen molar-refractivity contribution >= 4 is 17.3 Å². The third-order valence-electron chi connectivity index (χ3n) is 2.36. The maximum Gasteiger partial charge on any atom is 0.255 e.